The molecule has 4 aromatic rings. The number of hydrogen-bond acceptors (Lipinski definition) is 3. The molecule has 0 aliphatic heterocycles. The Morgan fingerprint density at radius 3 is 2.59 bits per heavy atom. The van der Waals surface area contributed by atoms with Crippen molar-refractivity contribution in [3.8, 4) is 11.5 Å². The summed E-state index contributed by atoms with van der Waals surface area (Å²) in [5, 5.41) is 3.77. The van der Waals surface area contributed by atoms with Gasteiger partial charge in [0.2, 0.25) is 0 Å². The molecule has 0 unspecified atom stereocenters. The first kappa shape index (κ1) is 13.3. The van der Waals surface area contributed by atoms with Crippen molar-refractivity contribution in [2.75, 3.05) is 14.2 Å². The van der Waals surface area contributed by atoms with Crippen LogP contribution in [0.3, 0.4) is 0 Å². The second-order valence-corrected chi connectivity index (χ2v) is 6.38. The lowest BCUT2D eigenvalue weighted by atomic mass is 10.1. The van der Waals surface area contributed by atoms with Gasteiger partial charge in [0.1, 0.15) is 17.5 Å². The number of hydrogen-bond donors (Lipinski definition) is 0. The van der Waals surface area contributed by atoms with E-state index in [9.17, 15) is 0 Å². The Bertz CT molecular complexity index is 1020. The third-order valence-electron chi connectivity index (χ3n) is 4.08. The van der Waals surface area contributed by atoms with E-state index in [1.807, 2.05) is 18.2 Å². The Balaban J connectivity index is 2.23. The Labute approximate surface area is 132 Å². The predicted molar refractivity (Wildman–Crippen MR) is 91.1 cm³/mol. The van der Waals surface area contributed by atoms with Crippen LogP contribution in [0.25, 0.3) is 31.1 Å². The van der Waals surface area contributed by atoms with Crippen molar-refractivity contribution in [2.24, 2.45) is 7.05 Å². The molecule has 4 heteroatoms. The van der Waals surface area contributed by atoms with E-state index in [1.165, 1.54) is 25.6 Å². The fraction of sp³-hybridized carbons (Fsp3) is 0.167. The Morgan fingerprint density at radius 2 is 1.82 bits per heavy atom. The van der Waals surface area contributed by atoms with E-state index < -0.39 is 0 Å². The number of methoxy groups -OCH3 is 2. The summed E-state index contributed by atoms with van der Waals surface area (Å²) in [6, 6.07) is 12.5. The minimum absolute atomic E-state index is 0.894. The third kappa shape index (κ3) is 1.77. The highest BCUT2D eigenvalue weighted by molar-refractivity contribution is 7.26. The molecular weight excluding hydrogens is 294 g/mol. The number of thiophene rings is 1. The summed E-state index contributed by atoms with van der Waals surface area (Å²) in [5.74, 6) is 1.79. The fourth-order valence-corrected chi connectivity index (χ4v) is 4.31. The Hall–Kier alpha value is -2.33. The van der Waals surface area contributed by atoms with Crippen molar-refractivity contribution < 1.29 is 14.0 Å². The van der Waals surface area contributed by atoms with Gasteiger partial charge in [-0.15, -0.1) is 11.3 Å². The lowest BCUT2D eigenvalue weighted by Crippen LogP contribution is -2.28. The molecule has 0 amide bonds. The van der Waals surface area contributed by atoms with Crippen LogP contribution >= 0.6 is 11.3 Å². The maximum absolute atomic E-state index is 5.54. The van der Waals surface area contributed by atoms with Crippen molar-refractivity contribution in [2.45, 2.75) is 0 Å². The highest BCUT2D eigenvalue weighted by Crippen LogP contribution is 2.39. The number of para-hydroxylation sites is 1. The smallest absolute Gasteiger partial charge is 0.255 e. The van der Waals surface area contributed by atoms with Gasteiger partial charge in [-0.05, 0) is 30.3 Å². The van der Waals surface area contributed by atoms with Gasteiger partial charge >= 0.3 is 0 Å². The molecule has 2 aromatic carbocycles. The third-order valence-corrected chi connectivity index (χ3v) is 5.16. The van der Waals surface area contributed by atoms with Crippen LogP contribution in [0.2, 0.25) is 0 Å². The highest BCUT2D eigenvalue weighted by Gasteiger charge is 2.19. The lowest BCUT2D eigenvalue weighted by Gasteiger charge is -2.04. The first-order valence-corrected chi connectivity index (χ1v) is 7.90. The largest absolute Gasteiger partial charge is 0.497 e. The SMILES string of the molecule is COc1ccc2c(c1)sc1c[n+](C)c3c(OC)cccc3c12. The summed E-state index contributed by atoms with van der Waals surface area (Å²) >= 11 is 1.79. The second-order valence-electron chi connectivity index (χ2n) is 5.30. The van der Waals surface area contributed by atoms with Crippen LogP contribution in [0.5, 0.6) is 11.5 Å². The van der Waals surface area contributed by atoms with Gasteiger partial charge in [-0.1, -0.05) is 6.07 Å². The van der Waals surface area contributed by atoms with Gasteiger partial charge in [0.15, 0.2) is 11.9 Å². The predicted octanol–water partition coefficient (Wildman–Crippen LogP) is 4.05. The van der Waals surface area contributed by atoms with E-state index in [-0.39, 0.29) is 0 Å². The molecule has 0 N–H and O–H groups in total. The van der Waals surface area contributed by atoms with Gasteiger partial charge in [0.25, 0.3) is 5.52 Å². The van der Waals surface area contributed by atoms with E-state index in [4.69, 9.17) is 9.47 Å². The zero-order valence-electron chi connectivity index (χ0n) is 12.7. The number of aromatic nitrogens is 1. The van der Waals surface area contributed by atoms with Crippen molar-refractivity contribution in [1.29, 1.82) is 0 Å². The average molecular weight is 310 g/mol. The first-order chi connectivity index (χ1) is 10.7. The molecule has 0 saturated carbocycles. The zero-order valence-corrected chi connectivity index (χ0v) is 13.5. The normalized spacial score (nSPS) is 11.4. The molecule has 4 rings (SSSR count). The van der Waals surface area contributed by atoms with Gasteiger partial charge < -0.3 is 9.47 Å². The summed E-state index contributed by atoms with van der Waals surface area (Å²) < 4.78 is 15.5. The second kappa shape index (κ2) is 4.85. The van der Waals surface area contributed by atoms with Gasteiger partial charge in [-0.3, -0.25) is 0 Å². The van der Waals surface area contributed by atoms with E-state index in [2.05, 4.69) is 36.0 Å². The standard InChI is InChI=1S/C18H16NO2S/c1-19-10-16-17(13-5-4-6-14(21-3)18(13)19)12-8-7-11(20-2)9-15(12)22-16/h4-10H,1-3H3/q+1. The topological polar surface area (TPSA) is 22.3 Å². The zero-order chi connectivity index (χ0) is 15.3. The molecule has 0 radical (unpaired) electrons. The number of fused-ring (bicyclic) bond motifs is 5. The monoisotopic (exact) mass is 310 g/mol. The number of pyridine rings is 1. The van der Waals surface area contributed by atoms with Crippen molar-refractivity contribution >= 4 is 42.4 Å². The Morgan fingerprint density at radius 1 is 0.955 bits per heavy atom. The molecule has 0 atom stereocenters. The molecular formula is C18H16NO2S+. The van der Waals surface area contributed by atoms with Crippen LogP contribution in [0.4, 0.5) is 0 Å². The van der Waals surface area contributed by atoms with Gasteiger partial charge in [-0.25, -0.2) is 0 Å². The summed E-state index contributed by atoms with van der Waals surface area (Å²) in [5.41, 5.74) is 1.12. The average Bonchev–Trinajstić information content (AvgIpc) is 2.91. The first-order valence-electron chi connectivity index (χ1n) is 7.08. The summed E-state index contributed by atoms with van der Waals surface area (Å²) in [6.45, 7) is 0. The van der Waals surface area contributed by atoms with Crippen molar-refractivity contribution in [3.05, 3.63) is 42.6 Å². The molecule has 2 aromatic heterocycles. The van der Waals surface area contributed by atoms with Gasteiger partial charge in [0.05, 0.1) is 19.6 Å². The molecule has 0 fully saturated rings. The van der Waals surface area contributed by atoms with Crippen LogP contribution in [0.15, 0.2) is 42.6 Å². The molecule has 0 aliphatic carbocycles. The van der Waals surface area contributed by atoms with Crippen LogP contribution in [0, 0.1) is 0 Å². The molecule has 0 bridgehead atoms. The minimum atomic E-state index is 0.894. The maximum atomic E-state index is 5.54. The molecule has 0 spiro atoms. The molecule has 0 aliphatic rings. The molecule has 0 saturated heterocycles. The van der Waals surface area contributed by atoms with Crippen LogP contribution in [-0.4, -0.2) is 14.2 Å². The van der Waals surface area contributed by atoms with Crippen LogP contribution in [0.1, 0.15) is 0 Å². The molecule has 3 nitrogen and oxygen atoms in total. The fourth-order valence-electron chi connectivity index (χ4n) is 3.08. The van der Waals surface area contributed by atoms with E-state index in [0.29, 0.717) is 0 Å². The maximum Gasteiger partial charge on any atom is 0.255 e. The lowest BCUT2D eigenvalue weighted by molar-refractivity contribution is -0.643. The number of ether oxygens (including phenoxy) is 2. The quantitative estimate of drug-likeness (QED) is 0.521. The molecule has 2 heterocycles. The van der Waals surface area contributed by atoms with Crippen LogP contribution < -0.4 is 14.0 Å². The van der Waals surface area contributed by atoms with E-state index in [1.54, 1.807) is 25.6 Å². The summed E-state index contributed by atoms with van der Waals surface area (Å²) in [7, 11) is 5.49. The van der Waals surface area contributed by atoms with Crippen LogP contribution in [-0.2, 0) is 7.05 Å². The van der Waals surface area contributed by atoms with Gasteiger partial charge in [-0.2, -0.15) is 4.57 Å². The van der Waals surface area contributed by atoms with Gasteiger partial charge in [0, 0.05) is 15.5 Å². The highest BCUT2D eigenvalue weighted by atomic mass is 32.1. The number of rotatable bonds is 2. The van der Waals surface area contributed by atoms with E-state index in [0.717, 1.165) is 17.0 Å². The number of aryl methyl sites for hydroxylation is 1. The number of benzene rings is 2. The van der Waals surface area contributed by atoms with Crippen molar-refractivity contribution in [1.82, 2.24) is 0 Å². The summed E-state index contributed by atoms with van der Waals surface area (Å²) in [4.78, 5) is 0. The Kier molecular flexibility index (Phi) is 2.94. The molecule has 22 heavy (non-hydrogen) atoms. The minimum Gasteiger partial charge on any atom is -0.497 e. The van der Waals surface area contributed by atoms with Crippen molar-refractivity contribution in [3.63, 3.8) is 0 Å². The molecule has 110 valence electrons. The summed E-state index contributed by atoms with van der Waals surface area (Å²) in [6.07, 6.45) is 2.18. The van der Waals surface area contributed by atoms with E-state index >= 15 is 0 Å². The number of nitrogens with zero attached hydrogens (tertiary/aromatic N) is 1.